The SMILES string of the molecule is CNC(Cc1csc(C)n1)c1sccc1Cl. The fourth-order valence-corrected chi connectivity index (χ4v) is 3.52. The Bertz CT molecular complexity index is 464. The van der Waals surface area contributed by atoms with Gasteiger partial charge in [0.25, 0.3) is 0 Å². The molecular formula is C11H13ClN2S2. The molecule has 86 valence electrons. The Hall–Kier alpha value is -0.420. The Kier molecular flexibility index (Phi) is 3.97. The van der Waals surface area contributed by atoms with Crippen LogP contribution in [-0.4, -0.2) is 12.0 Å². The molecule has 2 rings (SSSR count). The van der Waals surface area contributed by atoms with Crippen molar-refractivity contribution in [2.24, 2.45) is 0 Å². The lowest BCUT2D eigenvalue weighted by atomic mass is 10.1. The van der Waals surface area contributed by atoms with Crippen LogP contribution in [0.5, 0.6) is 0 Å². The van der Waals surface area contributed by atoms with Crippen LogP contribution in [0.4, 0.5) is 0 Å². The molecule has 0 saturated heterocycles. The average molecular weight is 273 g/mol. The van der Waals surface area contributed by atoms with E-state index < -0.39 is 0 Å². The molecule has 2 nitrogen and oxygen atoms in total. The van der Waals surface area contributed by atoms with Gasteiger partial charge < -0.3 is 5.32 Å². The molecule has 2 heterocycles. The maximum Gasteiger partial charge on any atom is 0.0897 e. The Morgan fingerprint density at radius 1 is 1.50 bits per heavy atom. The summed E-state index contributed by atoms with van der Waals surface area (Å²) in [6.07, 6.45) is 0.890. The Morgan fingerprint density at radius 2 is 2.31 bits per heavy atom. The van der Waals surface area contributed by atoms with Gasteiger partial charge in [0.1, 0.15) is 0 Å². The topological polar surface area (TPSA) is 24.9 Å². The molecule has 0 fully saturated rings. The van der Waals surface area contributed by atoms with E-state index in [1.807, 2.05) is 25.4 Å². The van der Waals surface area contributed by atoms with Crippen molar-refractivity contribution in [2.75, 3.05) is 7.05 Å². The van der Waals surface area contributed by atoms with Gasteiger partial charge in [0.15, 0.2) is 0 Å². The molecule has 0 amide bonds. The first kappa shape index (κ1) is 12.0. The third-order valence-corrected chi connectivity index (χ3v) is 4.68. The molecule has 0 spiro atoms. The summed E-state index contributed by atoms with van der Waals surface area (Å²) in [7, 11) is 1.96. The van der Waals surface area contributed by atoms with E-state index in [2.05, 4.69) is 15.7 Å². The van der Waals surface area contributed by atoms with Crippen LogP contribution in [0.3, 0.4) is 0 Å². The van der Waals surface area contributed by atoms with Crippen LogP contribution in [0, 0.1) is 6.92 Å². The molecule has 5 heteroatoms. The minimum Gasteiger partial charge on any atom is -0.312 e. The highest BCUT2D eigenvalue weighted by molar-refractivity contribution is 7.10. The summed E-state index contributed by atoms with van der Waals surface area (Å²) < 4.78 is 0. The highest BCUT2D eigenvalue weighted by Gasteiger charge is 2.16. The van der Waals surface area contributed by atoms with Crippen molar-refractivity contribution >= 4 is 34.3 Å². The number of nitrogens with zero attached hydrogens (tertiary/aromatic N) is 1. The van der Waals surface area contributed by atoms with E-state index in [-0.39, 0.29) is 6.04 Å². The summed E-state index contributed by atoms with van der Waals surface area (Å²) in [4.78, 5) is 5.67. The number of thiophene rings is 1. The van der Waals surface area contributed by atoms with Crippen molar-refractivity contribution in [1.82, 2.24) is 10.3 Å². The molecule has 0 bridgehead atoms. The van der Waals surface area contributed by atoms with Crippen LogP contribution in [0.2, 0.25) is 5.02 Å². The first-order valence-corrected chi connectivity index (χ1v) is 7.15. The van der Waals surface area contributed by atoms with Crippen LogP contribution >= 0.6 is 34.3 Å². The van der Waals surface area contributed by atoms with Crippen LogP contribution < -0.4 is 5.32 Å². The number of likely N-dealkylation sites (N-methyl/N-ethyl adjacent to an activating group) is 1. The minimum atomic E-state index is 0.258. The van der Waals surface area contributed by atoms with E-state index in [0.29, 0.717) is 0 Å². The van der Waals surface area contributed by atoms with Crippen LogP contribution in [0.15, 0.2) is 16.8 Å². The Labute approximate surface area is 108 Å². The third kappa shape index (κ3) is 2.63. The van der Waals surface area contributed by atoms with Gasteiger partial charge >= 0.3 is 0 Å². The fourth-order valence-electron chi connectivity index (χ4n) is 1.59. The largest absolute Gasteiger partial charge is 0.312 e. The number of nitrogens with one attached hydrogen (secondary N) is 1. The van der Waals surface area contributed by atoms with Gasteiger partial charge in [-0.2, -0.15) is 0 Å². The lowest BCUT2D eigenvalue weighted by Gasteiger charge is -2.13. The highest BCUT2D eigenvalue weighted by atomic mass is 35.5. The van der Waals surface area contributed by atoms with Gasteiger partial charge in [0.05, 0.1) is 15.7 Å². The molecule has 1 atom stereocenters. The molecule has 0 aliphatic carbocycles. The molecule has 1 unspecified atom stereocenters. The van der Waals surface area contributed by atoms with Crippen LogP contribution in [0.25, 0.3) is 0 Å². The Balaban J connectivity index is 2.15. The maximum atomic E-state index is 6.14. The molecule has 2 aromatic rings. The molecule has 2 aromatic heterocycles. The van der Waals surface area contributed by atoms with E-state index in [1.165, 1.54) is 4.88 Å². The van der Waals surface area contributed by atoms with Crippen molar-refractivity contribution < 1.29 is 0 Å². The standard InChI is InChI=1S/C11H13ClN2S2/c1-7-14-8(6-16-7)5-10(13-2)11-9(12)3-4-15-11/h3-4,6,10,13H,5H2,1-2H3. The second kappa shape index (κ2) is 5.27. The van der Waals surface area contributed by atoms with Crippen molar-refractivity contribution in [3.8, 4) is 0 Å². The van der Waals surface area contributed by atoms with E-state index in [0.717, 1.165) is 22.1 Å². The predicted octanol–water partition coefficient (Wildman–Crippen LogP) is 3.67. The van der Waals surface area contributed by atoms with Gasteiger partial charge in [-0.1, -0.05) is 11.6 Å². The van der Waals surface area contributed by atoms with Crippen molar-refractivity contribution in [2.45, 2.75) is 19.4 Å². The van der Waals surface area contributed by atoms with Crippen LogP contribution in [-0.2, 0) is 6.42 Å². The number of aromatic nitrogens is 1. The normalized spacial score (nSPS) is 12.9. The number of halogens is 1. The van der Waals surface area contributed by atoms with E-state index in [1.54, 1.807) is 22.7 Å². The summed E-state index contributed by atoms with van der Waals surface area (Å²) in [6.45, 7) is 2.03. The number of hydrogen-bond donors (Lipinski definition) is 1. The minimum absolute atomic E-state index is 0.258. The smallest absolute Gasteiger partial charge is 0.0897 e. The first-order chi connectivity index (χ1) is 7.70. The van der Waals surface area contributed by atoms with Crippen molar-refractivity contribution in [3.63, 3.8) is 0 Å². The summed E-state index contributed by atoms with van der Waals surface area (Å²) in [6, 6.07) is 2.20. The fraction of sp³-hybridized carbons (Fsp3) is 0.364. The lowest BCUT2D eigenvalue weighted by Crippen LogP contribution is -2.18. The first-order valence-electron chi connectivity index (χ1n) is 5.02. The maximum absolute atomic E-state index is 6.14. The third-order valence-electron chi connectivity index (χ3n) is 2.39. The molecule has 0 aromatic carbocycles. The monoisotopic (exact) mass is 272 g/mol. The second-order valence-electron chi connectivity index (χ2n) is 3.54. The van der Waals surface area contributed by atoms with Gasteiger partial charge in [0, 0.05) is 22.7 Å². The Morgan fingerprint density at radius 3 is 2.81 bits per heavy atom. The van der Waals surface area contributed by atoms with Gasteiger partial charge in [0.2, 0.25) is 0 Å². The average Bonchev–Trinajstić information content (AvgIpc) is 2.84. The van der Waals surface area contributed by atoms with Gasteiger partial charge in [-0.15, -0.1) is 22.7 Å². The summed E-state index contributed by atoms with van der Waals surface area (Å²) >= 11 is 9.52. The summed E-state index contributed by atoms with van der Waals surface area (Å²) in [5.74, 6) is 0. The summed E-state index contributed by atoms with van der Waals surface area (Å²) in [5.41, 5.74) is 1.13. The zero-order valence-electron chi connectivity index (χ0n) is 9.16. The van der Waals surface area contributed by atoms with E-state index in [9.17, 15) is 0 Å². The lowest BCUT2D eigenvalue weighted by molar-refractivity contribution is 0.595. The molecular weight excluding hydrogens is 260 g/mol. The van der Waals surface area contributed by atoms with Gasteiger partial charge in [-0.3, -0.25) is 0 Å². The second-order valence-corrected chi connectivity index (χ2v) is 5.95. The zero-order valence-corrected chi connectivity index (χ0v) is 11.5. The molecule has 0 aliphatic rings. The molecule has 0 radical (unpaired) electrons. The molecule has 16 heavy (non-hydrogen) atoms. The van der Waals surface area contributed by atoms with Crippen LogP contribution in [0.1, 0.15) is 21.6 Å². The highest BCUT2D eigenvalue weighted by Crippen LogP contribution is 2.30. The van der Waals surface area contributed by atoms with Crippen molar-refractivity contribution in [3.05, 3.63) is 37.4 Å². The van der Waals surface area contributed by atoms with Gasteiger partial charge in [-0.05, 0) is 25.4 Å². The quantitative estimate of drug-likeness (QED) is 0.919. The van der Waals surface area contributed by atoms with Crippen molar-refractivity contribution in [1.29, 1.82) is 0 Å². The summed E-state index contributed by atoms with van der Waals surface area (Å²) in [5, 5.41) is 9.38. The molecule has 0 saturated carbocycles. The molecule has 0 aliphatic heterocycles. The number of hydrogen-bond acceptors (Lipinski definition) is 4. The number of aryl methyl sites for hydroxylation is 1. The van der Waals surface area contributed by atoms with E-state index in [4.69, 9.17) is 11.6 Å². The molecule has 1 N–H and O–H groups in total. The van der Waals surface area contributed by atoms with E-state index >= 15 is 0 Å². The zero-order chi connectivity index (χ0) is 11.5. The van der Waals surface area contributed by atoms with Gasteiger partial charge in [-0.25, -0.2) is 4.98 Å². The number of thiazole rings is 1. The number of rotatable bonds is 4. The predicted molar refractivity (Wildman–Crippen MR) is 71.7 cm³/mol.